The third kappa shape index (κ3) is 4.26. The van der Waals surface area contributed by atoms with Crippen LogP contribution in [0.5, 0.6) is 0 Å². The molecule has 2 aromatic carbocycles. The smallest absolute Gasteiger partial charge is 0.335 e. The molecule has 0 aliphatic carbocycles. The van der Waals surface area contributed by atoms with Gasteiger partial charge < -0.3 is 9.64 Å². The van der Waals surface area contributed by atoms with E-state index < -0.39 is 17.8 Å². The molecule has 31 heavy (non-hydrogen) atoms. The maximum Gasteiger partial charge on any atom is 0.335 e. The molecule has 0 saturated carbocycles. The minimum atomic E-state index is -0.765. The Morgan fingerprint density at radius 1 is 1.00 bits per heavy atom. The summed E-state index contributed by atoms with van der Waals surface area (Å²) in [6.07, 6.45) is 1.51. The fourth-order valence-electron chi connectivity index (χ4n) is 3.58. The van der Waals surface area contributed by atoms with Gasteiger partial charge in [0.25, 0.3) is 11.8 Å². The van der Waals surface area contributed by atoms with Crippen LogP contribution < -0.4 is 15.1 Å². The molecule has 2 aliphatic heterocycles. The Bertz CT molecular complexity index is 1090. The Morgan fingerprint density at radius 3 is 2.32 bits per heavy atom. The maximum absolute atomic E-state index is 13.1. The average Bonchev–Trinajstić information content (AvgIpc) is 2.75. The number of hydrogen-bond acceptors (Lipinski definition) is 5. The molecule has 0 bridgehead atoms. The zero-order valence-corrected chi connectivity index (χ0v) is 18.9. The minimum Gasteiger partial charge on any atom is -0.378 e. The van der Waals surface area contributed by atoms with Crippen molar-refractivity contribution in [3.05, 3.63) is 63.1 Å². The van der Waals surface area contributed by atoms with E-state index >= 15 is 0 Å². The summed E-state index contributed by atoms with van der Waals surface area (Å²) in [5.41, 5.74) is 4.01. The van der Waals surface area contributed by atoms with Crippen LogP contribution in [0.3, 0.4) is 0 Å². The number of aryl methyl sites for hydroxylation is 2. The Kier molecular flexibility index (Phi) is 5.93. The molecule has 0 aromatic heterocycles. The van der Waals surface area contributed by atoms with Gasteiger partial charge in [0.2, 0.25) is 0 Å². The molecular formula is C23H22BrN3O4. The fourth-order valence-corrected chi connectivity index (χ4v) is 4.22. The number of anilines is 2. The lowest BCUT2D eigenvalue weighted by Gasteiger charge is -2.29. The Balaban J connectivity index is 1.64. The van der Waals surface area contributed by atoms with Gasteiger partial charge in [-0.15, -0.1) is 0 Å². The van der Waals surface area contributed by atoms with Crippen molar-refractivity contribution >= 4 is 51.2 Å². The number of rotatable bonds is 3. The van der Waals surface area contributed by atoms with Gasteiger partial charge >= 0.3 is 6.03 Å². The van der Waals surface area contributed by atoms with E-state index in [1.54, 1.807) is 6.07 Å². The first-order valence-electron chi connectivity index (χ1n) is 9.96. The SMILES string of the molecule is Cc1cc(Br)c(N2C(=O)NC(=O)/C(=C\c3ccc(N4CCOCC4)cc3)C2=O)cc1C. The topological polar surface area (TPSA) is 79.0 Å². The number of urea groups is 1. The second-order valence-corrected chi connectivity index (χ2v) is 8.39. The summed E-state index contributed by atoms with van der Waals surface area (Å²) in [6.45, 7) is 6.87. The van der Waals surface area contributed by atoms with E-state index in [4.69, 9.17) is 4.74 Å². The second-order valence-electron chi connectivity index (χ2n) is 7.54. The van der Waals surface area contributed by atoms with Crippen molar-refractivity contribution in [2.24, 2.45) is 0 Å². The van der Waals surface area contributed by atoms with Crippen LogP contribution in [-0.4, -0.2) is 44.1 Å². The molecule has 0 atom stereocenters. The highest BCUT2D eigenvalue weighted by Gasteiger charge is 2.37. The molecule has 2 fully saturated rings. The van der Waals surface area contributed by atoms with Crippen molar-refractivity contribution in [2.75, 3.05) is 36.1 Å². The number of carbonyl (C=O) groups is 3. The number of benzene rings is 2. The molecule has 1 N–H and O–H groups in total. The van der Waals surface area contributed by atoms with E-state index in [2.05, 4.69) is 26.1 Å². The molecule has 4 amide bonds. The van der Waals surface area contributed by atoms with Crippen molar-refractivity contribution < 1.29 is 19.1 Å². The van der Waals surface area contributed by atoms with E-state index in [0.29, 0.717) is 28.9 Å². The highest BCUT2D eigenvalue weighted by molar-refractivity contribution is 9.10. The number of nitrogens with one attached hydrogen (secondary N) is 1. The summed E-state index contributed by atoms with van der Waals surface area (Å²) in [5, 5.41) is 2.27. The van der Waals surface area contributed by atoms with Crippen LogP contribution in [0.15, 0.2) is 46.4 Å². The first-order chi connectivity index (χ1) is 14.8. The zero-order chi connectivity index (χ0) is 22.1. The van der Waals surface area contributed by atoms with Crippen molar-refractivity contribution in [1.82, 2.24) is 5.32 Å². The molecule has 0 spiro atoms. The first-order valence-corrected chi connectivity index (χ1v) is 10.8. The Morgan fingerprint density at radius 2 is 1.65 bits per heavy atom. The summed E-state index contributed by atoms with van der Waals surface area (Å²) in [5.74, 6) is -1.36. The maximum atomic E-state index is 13.1. The van der Waals surface area contributed by atoms with Crippen LogP contribution in [-0.2, 0) is 14.3 Å². The van der Waals surface area contributed by atoms with Crippen molar-refractivity contribution in [1.29, 1.82) is 0 Å². The molecule has 0 unspecified atom stereocenters. The van der Waals surface area contributed by atoms with Gasteiger partial charge in [-0.3, -0.25) is 14.9 Å². The summed E-state index contributed by atoms with van der Waals surface area (Å²) in [7, 11) is 0. The van der Waals surface area contributed by atoms with E-state index in [9.17, 15) is 14.4 Å². The first kappa shape index (κ1) is 21.3. The van der Waals surface area contributed by atoms with Gasteiger partial charge in [-0.05, 0) is 76.8 Å². The van der Waals surface area contributed by atoms with Gasteiger partial charge in [0.1, 0.15) is 5.57 Å². The Labute approximate surface area is 188 Å². The second kappa shape index (κ2) is 8.64. The molecule has 160 valence electrons. The Hall–Kier alpha value is -2.97. The lowest BCUT2D eigenvalue weighted by atomic mass is 10.0. The predicted molar refractivity (Wildman–Crippen MR) is 122 cm³/mol. The van der Waals surface area contributed by atoms with Crippen LogP contribution in [0.1, 0.15) is 16.7 Å². The summed E-state index contributed by atoms with van der Waals surface area (Å²) in [4.78, 5) is 41.3. The largest absolute Gasteiger partial charge is 0.378 e. The zero-order valence-electron chi connectivity index (χ0n) is 17.3. The molecule has 2 saturated heterocycles. The quantitative estimate of drug-likeness (QED) is 0.533. The third-order valence-electron chi connectivity index (χ3n) is 5.49. The molecular weight excluding hydrogens is 462 g/mol. The number of nitrogens with zero attached hydrogens (tertiary/aromatic N) is 2. The molecule has 0 radical (unpaired) electrons. The molecule has 2 aliphatic rings. The van der Waals surface area contributed by atoms with E-state index in [1.165, 1.54) is 6.08 Å². The van der Waals surface area contributed by atoms with Gasteiger partial charge in [0.15, 0.2) is 0 Å². The van der Waals surface area contributed by atoms with Crippen LogP contribution in [0.2, 0.25) is 0 Å². The number of halogens is 1. The number of barbiturate groups is 1. The summed E-state index contributed by atoms with van der Waals surface area (Å²) < 4.78 is 5.98. The standard InChI is InChI=1S/C23H22BrN3O4/c1-14-11-19(24)20(12-15(14)2)27-22(29)18(21(28)25-23(27)30)13-16-3-5-17(6-4-16)26-7-9-31-10-8-26/h3-6,11-13H,7-10H2,1-2H3,(H,25,28,30)/b18-13+. The average molecular weight is 484 g/mol. The van der Waals surface area contributed by atoms with Crippen molar-refractivity contribution in [3.63, 3.8) is 0 Å². The summed E-state index contributed by atoms with van der Waals surface area (Å²) in [6, 6.07) is 10.4. The molecule has 2 heterocycles. The fraction of sp³-hybridized carbons (Fsp3) is 0.261. The van der Waals surface area contributed by atoms with Gasteiger partial charge in [-0.1, -0.05) is 12.1 Å². The number of carbonyl (C=O) groups excluding carboxylic acids is 3. The number of morpholine rings is 1. The minimum absolute atomic E-state index is 0.0937. The van der Waals surface area contributed by atoms with Crippen LogP contribution in [0, 0.1) is 13.8 Å². The van der Waals surface area contributed by atoms with Gasteiger partial charge in [0.05, 0.1) is 18.9 Å². The molecule has 2 aromatic rings. The number of hydrogen-bond donors (Lipinski definition) is 1. The van der Waals surface area contributed by atoms with Gasteiger partial charge in [0, 0.05) is 23.2 Å². The number of ether oxygens (including phenoxy) is 1. The van der Waals surface area contributed by atoms with Crippen molar-refractivity contribution in [3.8, 4) is 0 Å². The number of amides is 4. The normalized spacial score (nSPS) is 18.5. The highest BCUT2D eigenvalue weighted by atomic mass is 79.9. The lowest BCUT2D eigenvalue weighted by molar-refractivity contribution is -0.122. The van der Waals surface area contributed by atoms with Crippen LogP contribution in [0.4, 0.5) is 16.2 Å². The van der Waals surface area contributed by atoms with Crippen LogP contribution in [0.25, 0.3) is 6.08 Å². The van der Waals surface area contributed by atoms with Crippen molar-refractivity contribution in [2.45, 2.75) is 13.8 Å². The molecule has 8 heteroatoms. The molecule has 4 rings (SSSR count). The van der Waals surface area contributed by atoms with E-state index in [1.807, 2.05) is 44.2 Å². The third-order valence-corrected chi connectivity index (χ3v) is 6.12. The number of imide groups is 2. The van der Waals surface area contributed by atoms with Crippen LogP contribution >= 0.6 is 15.9 Å². The van der Waals surface area contributed by atoms with Gasteiger partial charge in [-0.2, -0.15) is 0 Å². The lowest BCUT2D eigenvalue weighted by Crippen LogP contribution is -2.54. The molecule has 7 nitrogen and oxygen atoms in total. The monoisotopic (exact) mass is 483 g/mol. The predicted octanol–water partition coefficient (Wildman–Crippen LogP) is 3.57. The summed E-state index contributed by atoms with van der Waals surface area (Å²) >= 11 is 3.43. The highest BCUT2D eigenvalue weighted by Crippen LogP contribution is 2.32. The van der Waals surface area contributed by atoms with E-state index in [-0.39, 0.29) is 5.57 Å². The van der Waals surface area contributed by atoms with Gasteiger partial charge in [-0.25, -0.2) is 9.69 Å². The van der Waals surface area contributed by atoms with E-state index in [0.717, 1.165) is 34.8 Å².